The van der Waals surface area contributed by atoms with Crippen molar-refractivity contribution in [2.45, 2.75) is 25.6 Å². The maximum atomic E-state index is 12.5. The van der Waals surface area contributed by atoms with Crippen LogP contribution in [0, 0.1) is 5.92 Å². The summed E-state index contributed by atoms with van der Waals surface area (Å²) in [4.78, 5) is 12.1. The Balaban J connectivity index is 1.59. The lowest BCUT2D eigenvalue weighted by Crippen LogP contribution is -2.20. The molecule has 0 radical (unpaired) electrons. The predicted octanol–water partition coefficient (Wildman–Crippen LogP) is 3.58. The van der Waals surface area contributed by atoms with Crippen LogP contribution in [0.25, 0.3) is 0 Å². The van der Waals surface area contributed by atoms with Crippen LogP contribution >= 0.6 is 0 Å². The Bertz CT molecular complexity index is 719. The van der Waals surface area contributed by atoms with Crippen molar-refractivity contribution >= 4 is 11.6 Å². The Kier molecular flexibility index (Phi) is 5.08. The Hall–Kier alpha value is -2.35. The molecule has 0 spiro atoms. The minimum Gasteiger partial charge on any atom is -0.381 e. The third-order valence-electron chi connectivity index (χ3n) is 4.15. The fraction of sp³-hybridized carbons (Fsp3) is 0.412. The van der Waals surface area contributed by atoms with Crippen molar-refractivity contribution in [2.75, 3.05) is 18.5 Å². The van der Waals surface area contributed by atoms with Crippen LogP contribution < -0.4 is 5.32 Å². The number of alkyl halides is 3. The van der Waals surface area contributed by atoms with Gasteiger partial charge in [0.05, 0.1) is 17.4 Å². The topological polar surface area (TPSA) is 56.2 Å². The number of amides is 1. The summed E-state index contributed by atoms with van der Waals surface area (Å²) >= 11 is 0. The summed E-state index contributed by atoms with van der Waals surface area (Å²) in [6.45, 7) is 2.26. The molecule has 0 atom stereocenters. The van der Waals surface area contributed by atoms with E-state index in [1.807, 2.05) is 0 Å². The molecule has 25 heavy (non-hydrogen) atoms. The third kappa shape index (κ3) is 4.60. The van der Waals surface area contributed by atoms with Crippen molar-refractivity contribution < 1.29 is 22.7 Å². The van der Waals surface area contributed by atoms with E-state index in [0.717, 1.165) is 56.9 Å². The van der Waals surface area contributed by atoms with Crippen molar-refractivity contribution in [3.8, 4) is 0 Å². The van der Waals surface area contributed by atoms with Gasteiger partial charge in [0, 0.05) is 31.5 Å². The van der Waals surface area contributed by atoms with Crippen LogP contribution in [0.4, 0.5) is 18.9 Å². The normalized spacial score (nSPS) is 16.0. The zero-order valence-corrected chi connectivity index (χ0v) is 13.4. The largest absolute Gasteiger partial charge is 0.416 e. The summed E-state index contributed by atoms with van der Waals surface area (Å²) in [6.07, 6.45) is 0.791. The standard InChI is InChI=1S/C17H18F3N3O2/c18-17(19,20)14-3-1-13(2-4-14)16(24)22-15-9-21-23(11-15)10-12-5-7-25-8-6-12/h1-4,9,11-12H,5-8,10H2,(H,22,24). The number of hydrogen-bond donors (Lipinski definition) is 1. The lowest BCUT2D eigenvalue weighted by atomic mass is 10.0. The highest BCUT2D eigenvalue weighted by atomic mass is 19.4. The first kappa shape index (κ1) is 17.5. The summed E-state index contributed by atoms with van der Waals surface area (Å²) in [5, 5.41) is 6.86. The number of benzene rings is 1. The lowest BCUT2D eigenvalue weighted by Gasteiger charge is -2.21. The number of nitrogens with one attached hydrogen (secondary N) is 1. The molecular formula is C17H18F3N3O2. The highest BCUT2D eigenvalue weighted by Crippen LogP contribution is 2.29. The maximum Gasteiger partial charge on any atom is 0.416 e. The average molecular weight is 353 g/mol. The van der Waals surface area contributed by atoms with Gasteiger partial charge in [-0.3, -0.25) is 9.48 Å². The molecule has 2 heterocycles. The molecule has 0 saturated carbocycles. The van der Waals surface area contributed by atoms with Gasteiger partial charge in [-0.15, -0.1) is 0 Å². The minimum absolute atomic E-state index is 0.158. The third-order valence-corrected chi connectivity index (χ3v) is 4.15. The molecule has 0 unspecified atom stereocenters. The first-order valence-electron chi connectivity index (χ1n) is 8.00. The molecule has 0 aliphatic carbocycles. The summed E-state index contributed by atoms with van der Waals surface area (Å²) in [6, 6.07) is 4.10. The summed E-state index contributed by atoms with van der Waals surface area (Å²) in [5.74, 6) is 0.0199. The number of aromatic nitrogens is 2. The molecule has 1 aliphatic rings. The molecule has 5 nitrogen and oxygen atoms in total. The van der Waals surface area contributed by atoms with Gasteiger partial charge in [-0.05, 0) is 43.0 Å². The van der Waals surface area contributed by atoms with Gasteiger partial charge in [-0.2, -0.15) is 18.3 Å². The van der Waals surface area contributed by atoms with Gasteiger partial charge in [0.2, 0.25) is 0 Å². The van der Waals surface area contributed by atoms with Crippen molar-refractivity contribution in [3.63, 3.8) is 0 Å². The van der Waals surface area contributed by atoms with Gasteiger partial charge in [-0.25, -0.2) is 0 Å². The van der Waals surface area contributed by atoms with Crippen LogP contribution in [-0.4, -0.2) is 28.9 Å². The van der Waals surface area contributed by atoms with E-state index in [4.69, 9.17) is 4.74 Å². The second-order valence-corrected chi connectivity index (χ2v) is 6.04. The molecule has 1 N–H and O–H groups in total. The smallest absolute Gasteiger partial charge is 0.381 e. The monoisotopic (exact) mass is 353 g/mol. The number of ether oxygens (including phenoxy) is 1. The van der Waals surface area contributed by atoms with Crippen molar-refractivity contribution in [2.24, 2.45) is 5.92 Å². The maximum absolute atomic E-state index is 12.5. The molecule has 0 bridgehead atoms. The van der Waals surface area contributed by atoms with E-state index in [-0.39, 0.29) is 5.56 Å². The number of anilines is 1. The number of rotatable bonds is 4. The molecule has 8 heteroatoms. The molecule has 1 aromatic heterocycles. The van der Waals surface area contributed by atoms with Crippen molar-refractivity contribution in [1.82, 2.24) is 9.78 Å². The van der Waals surface area contributed by atoms with Crippen LogP contribution in [0.3, 0.4) is 0 Å². The molecule has 1 amide bonds. The molecule has 134 valence electrons. The lowest BCUT2D eigenvalue weighted by molar-refractivity contribution is -0.137. The summed E-state index contributed by atoms with van der Waals surface area (Å²) in [7, 11) is 0. The molecule has 2 aromatic rings. The predicted molar refractivity (Wildman–Crippen MR) is 85.2 cm³/mol. The van der Waals surface area contributed by atoms with E-state index >= 15 is 0 Å². The van der Waals surface area contributed by atoms with Crippen LogP contribution in [0.15, 0.2) is 36.7 Å². The van der Waals surface area contributed by atoms with Gasteiger partial charge in [-0.1, -0.05) is 0 Å². The second-order valence-electron chi connectivity index (χ2n) is 6.04. The quantitative estimate of drug-likeness (QED) is 0.914. The molecule has 1 fully saturated rings. The van der Waals surface area contributed by atoms with Crippen LogP contribution in [0.1, 0.15) is 28.8 Å². The van der Waals surface area contributed by atoms with Gasteiger partial charge in [0.25, 0.3) is 5.91 Å². The van der Waals surface area contributed by atoms with Gasteiger partial charge >= 0.3 is 6.18 Å². The summed E-state index contributed by atoms with van der Waals surface area (Å²) in [5.41, 5.74) is -0.115. The fourth-order valence-corrected chi connectivity index (χ4v) is 2.74. The van der Waals surface area contributed by atoms with Gasteiger partial charge < -0.3 is 10.1 Å². The van der Waals surface area contributed by atoms with Crippen molar-refractivity contribution in [1.29, 1.82) is 0 Å². The summed E-state index contributed by atoms with van der Waals surface area (Å²) < 4.78 is 44.7. The van der Waals surface area contributed by atoms with Crippen LogP contribution in [-0.2, 0) is 17.5 Å². The zero-order chi connectivity index (χ0) is 17.9. The zero-order valence-electron chi connectivity index (χ0n) is 13.4. The first-order chi connectivity index (χ1) is 11.9. The highest BCUT2D eigenvalue weighted by Gasteiger charge is 2.30. The number of halogens is 3. The SMILES string of the molecule is O=C(Nc1cnn(CC2CCOCC2)c1)c1ccc(C(F)(F)F)cc1. The van der Waals surface area contributed by atoms with E-state index in [1.165, 1.54) is 6.20 Å². The Morgan fingerprint density at radius 1 is 1.24 bits per heavy atom. The molecule has 1 aromatic carbocycles. The first-order valence-corrected chi connectivity index (χ1v) is 8.00. The fourth-order valence-electron chi connectivity index (χ4n) is 2.74. The van der Waals surface area contributed by atoms with E-state index in [2.05, 4.69) is 10.4 Å². The van der Waals surface area contributed by atoms with Gasteiger partial charge in [0.1, 0.15) is 0 Å². The van der Waals surface area contributed by atoms with E-state index in [1.54, 1.807) is 10.9 Å². The Labute approximate surface area is 142 Å². The van der Waals surface area contributed by atoms with E-state index < -0.39 is 17.6 Å². The average Bonchev–Trinajstić information content (AvgIpc) is 3.02. The number of hydrogen-bond acceptors (Lipinski definition) is 3. The molecular weight excluding hydrogens is 335 g/mol. The van der Waals surface area contributed by atoms with Crippen molar-refractivity contribution in [3.05, 3.63) is 47.8 Å². The molecule has 3 rings (SSSR count). The van der Waals surface area contributed by atoms with E-state index in [0.29, 0.717) is 11.6 Å². The van der Waals surface area contributed by atoms with E-state index in [9.17, 15) is 18.0 Å². The Morgan fingerprint density at radius 3 is 2.56 bits per heavy atom. The van der Waals surface area contributed by atoms with Crippen LogP contribution in [0.5, 0.6) is 0 Å². The highest BCUT2D eigenvalue weighted by molar-refractivity contribution is 6.04. The minimum atomic E-state index is -4.42. The van der Waals surface area contributed by atoms with Gasteiger partial charge in [0.15, 0.2) is 0 Å². The van der Waals surface area contributed by atoms with Crippen LogP contribution in [0.2, 0.25) is 0 Å². The second kappa shape index (κ2) is 7.26. The Morgan fingerprint density at radius 2 is 1.92 bits per heavy atom. The number of nitrogens with zero attached hydrogens (tertiary/aromatic N) is 2. The number of carbonyl (C=O) groups is 1. The molecule has 1 saturated heterocycles. The molecule has 1 aliphatic heterocycles. The number of carbonyl (C=O) groups excluding carboxylic acids is 1.